The predicted molar refractivity (Wildman–Crippen MR) is 168 cm³/mol. The molecule has 2 heterocycles. The van der Waals surface area contributed by atoms with Gasteiger partial charge in [0, 0.05) is 23.8 Å². The molecule has 1 saturated heterocycles. The summed E-state index contributed by atoms with van der Waals surface area (Å²) in [6.07, 6.45) is -10.8. The number of aliphatic hydroxyl groups excluding tert-OH is 5. The normalized spacial score (nSPS) is 22.0. The largest absolute Gasteiger partial charge is 0.508 e. The second-order valence-electron chi connectivity index (χ2n) is 11.1. The zero-order valence-electron chi connectivity index (χ0n) is 26.4. The maximum absolute atomic E-state index is 12.9. The lowest BCUT2D eigenvalue weighted by atomic mass is 9.99. The third-order valence-corrected chi connectivity index (χ3v) is 7.98. The number of aliphatic hydroxyl groups is 5. The molecule has 16 heteroatoms. The highest BCUT2D eigenvalue weighted by molar-refractivity contribution is 5.86. The van der Waals surface area contributed by atoms with Crippen molar-refractivity contribution in [1.29, 1.82) is 0 Å². The lowest BCUT2D eigenvalue weighted by molar-refractivity contribution is -0.305. The van der Waals surface area contributed by atoms with Gasteiger partial charge in [-0.25, -0.2) is 0 Å². The van der Waals surface area contributed by atoms with Crippen molar-refractivity contribution in [2.24, 2.45) is 0 Å². The van der Waals surface area contributed by atoms with Gasteiger partial charge in [-0.3, -0.25) is 4.79 Å². The zero-order chi connectivity index (χ0) is 35.6. The van der Waals surface area contributed by atoms with E-state index in [1.165, 1.54) is 57.7 Å². The molecule has 0 spiro atoms. The average molecular weight is 689 g/mol. The van der Waals surface area contributed by atoms with Gasteiger partial charge >= 0.3 is 0 Å². The van der Waals surface area contributed by atoms with E-state index in [1.54, 1.807) is 0 Å². The van der Waals surface area contributed by atoms with E-state index in [0.717, 1.165) is 12.1 Å². The van der Waals surface area contributed by atoms with E-state index in [0.29, 0.717) is 0 Å². The summed E-state index contributed by atoms with van der Waals surface area (Å²) in [5.41, 5.74) is -0.210. The molecule has 16 nitrogen and oxygen atoms in total. The number of hydrogen-bond acceptors (Lipinski definition) is 16. The molecular weight excluding hydrogens is 652 g/mol. The Kier molecular flexibility index (Phi) is 10.7. The standard InChI is InChI=1S/C33H36O16/c1-43-21-6-14(4-5-17(21)36)28(39)26(13-46-33-31(42)30(41)29(40)25(12-34)49-33)48-32-23(44-2)7-15(8-24(32)45-3)20-11-19(38)27-18(37)9-16(35)10-22(27)47-20/h4-11,25-26,28-31,33-37,39-42H,12-13H2,1-3H3/t25-,26+,28+,29-,30+,31-,33-/m0/s1. The quantitative estimate of drug-likeness (QED) is 0.103. The minimum atomic E-state index is -1.74. The van der Waals surface area contributed by atoms with Crippen molar-refractivity contribution in [3.05, 3.63) is 64.3 Å². The van der Waals surface area contributed by atoms with Crippen molar-refractivity contribution in [3.63, 3.8) is 0 Å². The third kappa shape index (κ3) is 7.16. The van der Waals surface area contributed by atoms with Gasteiger partial charge in [0.2, 0.25) is 5.75 Å². The molecule has 4 aromatic rings. The van der Waals surface area contributed by atoms with Gasteiger partial charge in [-0.2, -0.15) is 0 Å². The zero-order valence-corrected chi connectivity index (χ0v) is 26.4. The van der Waals surface area contributed by atoms with Crippen LogP contribution < -0.4 is 24.4 Å². The van der Waals surface area contributed by atoms with Gasteiger partial charge in [-0.1, -0.05) is 6.07 Å². The first-order valence-electron chi connectivity index (χ1n) is 14.8. The number of benzene rings is 3. The fourth-order valence-corrected chi connectivity index (χ4v) is 5.36. The molecule has 0 radical (unpaired) electrons. The summed E-state index contributed by atoms with van der Waals surface area (Å²) in [4.78, 5) is 12.9. The third-order valence-electron chi connectivity index (χ3n) is 7.98. The number of aromatic hydroxyl groups is 3. The van der Waals surface area contributed by atoms with Crippen LogP contribution in [0.15, 0.2) is 57.7 Å². The monoisotopic (exact) mass is 688 g/mol. The van der Waals surface area contributed by atoms with Crippen molar-refractivity contribution >= 4 is 11.0 Å². The van der Waals surface area contributed by atoms with Crippen LogP contribution in [0.2, 0.25) is 0 Å². The van der Waals surface area contributed by atoms with E-state index >= 15 is 0 Å². The second-order valence-corrected chi connectivity index (χ2v) is 11.1. The Bertz CT molecular complexity index is 1810. The Labute approximate surface area is 278 Å². The predicted octanol–water partition coefficient (Wildman–Crippen LogP) is 0.900. The Hall–Kier alpha value is -4.81. The number of phenols is 3. The van der Waals surface area contributed by atoms with Gasteiger partial charge in [-0.15, -0.1) is 0 Å². The fraction of sp³-hybridized carbons (Fsp3) is 0.364. The van der Waals surface area contributed by atoms with E-state index in [1.807, 2.05) is 0 Å². The SMILES string of the molecule is COc1cc([C@@H](O)[C@@H](CO[C@H]2O[C@@H](CO)[C@H](O)[C@@H](O)[C@@H]2O)Oc2c(OC)cc(-c3cc(=O)c4c(O)cc(O)cc4o3)cc2OC)ccc1O. The van der Waals surface area contributed by atoms with Gasteiger partial charge in [0.1, 0.15) is 58.7 Å². The highest BCUT2D eigenvalue weighted by Gasteiger charge is 2.44. The summed E-state index contributed by atoms with van der Waals surface area (Å²) in [5, 5.41) is 82.0. The molecule has 5 rings (SSSR count). The van der Waals surface area contributed by atoms with Crippen LogP contribution in [0.4, 0.5) is 0 Å². The molecule has 1 aliphatic heterocycles. The van der Waals surface area contributed by atoms with Gasteiger partial charge < -0.3 is 73.7 Å². The first-order valence-corrected chi connectivity index (χ1v) is 14.8. The number of phenolic OH excluding ortho intramolecular Hbond substituents is 3. The molecule has 8 N–H and O–H groups in total. The summed E-state index contributed by atoms with van der Waals surface area (Å²) < 4.78 is 39.5. The summed E-state index contributed by atoms with van der Waals surface area (Å²) in [6, 6.07) is 10.3. The van der Waals surface area contributed by atoms with Crippen molar-refractivity contribution in [2.75, 3.05) is 34.5 Å². The van der Waals surface area contributed by atoms with Gasteiger partial charge in [-0.05, 0) is 29.8 Å². The molecule has 0 amide bonds. The second kappa shape index (κ2) is 14.8. The van der Waals surface area contributed by atoms with Crippen molar-refractivity contribution in [3.8, 4) is 51.6 Å². The van der Waals surface area contributed by atoms with Crippen LogP contribution in [0, 0.1) is 0 Å². The molecule has 49 heavy (non-hydrogen) atoms. The Morgan fingerprint density at radius 3 is 2.12 bits per heavy atom. The van der Waals surface area contributed by atoms with E-state index in [-0.39, 0.29) is 62.4 Å². The van der Waals surface area contributed by atoms with Crippen LogP contribution in [0.3, 0.4) is 0 Å². The van der Waals surface area contributed by atoms with Crippen molar-refractivity contribution < 1.29 is 73.7 Å². The van der Waals surface area contributed by atoms with Gasteiger partial charge in [0.15, 0.2) is 40.8 Å². The summed E-state index contributed by atoms with van der Waals surface area (Å²) in [7, 11) is 3.96. The van der Waals surface area contributed by atoms with Crippen LogP contribution >= 0.6 is 0 Å². The topological polar surface area (TPSA) is 247 Å². The van der Waals surface area contributed by atoms with Gasteiger partial charge in [0.05, 0.1) is 34.5 Å². The highest BCUT2D eigenvalue weighted by Crippen LogP contribution is 2.44. The Balaban J connectivity index is 1.53. The molecule has 0 unspecified atom stereocenters. The van der Waals surface area contributed by atoms with Crippen LogP contribution in [0.25, 0.3) is 22.3 Å². The lowest BCUT2D eigenvalue weighted by Gasteiger charge is -2.40. The van der Waals surface area contributed by atoms with Crippen molar-refractivity contribution in [1.82, 2.24) is 0 Å². The van der Waals surface area contributed by atoms with Crippen LogP contribution in [0.5, 0.6) is 40.2 Å². The maximum atomic E-state index is 12.9. The number of ether oxygens (including phenoxy) is 6. The van der Waals surface area contributed by atoms with E-state index in [2.05, 4.69) is 0 Å². The summed E-state index contributed by atoms with van der Waals surface area (Å²) in [6.45, 7) is -1.23. The first kappa shape index (κ1) is 35.5. The molecule has 0 bridgehead atoms. The smallest absolute Gasteiger partial charge is 0.204 e. The van der Waals surface area contributed by atoms with Gasteiger partial charge in [0.25, 0.3) is 0 Å². The van der Waals surface area contributed by atoms with E-state index in [4.69, 9.17) is 32.8 Å². The maximum Gasteiger partial charge on any atom is 0.204 e. The Morgan fingerprint density at radius 1 is 0.816 bits per heavy atom. The number of methoxy groups -OCH3 is 3. The molecule has 3 aromatic carbocycles. The molecule has 1 aromatic heterocycles. The highest BCUT2D eigenvalue weighted by atomic mass is 16.7. The molecular formula is C33H36O16. The minimum Gasteiger partial charge on any atom is -0.508 e. The summed E-state index contributed by atoms with van der Waals surface area (Å²) >= 11 is 0. The lowest BCUT2D eigenvalue weighted by Crippen LogP contribution is -2.59. The molecule has 264 valence electrons. The summed E-state index contributed by atoms with van der Waals surface area (Å²) in [5.74, 6) is -0.916. The number of hydrogen-bond donors (Lipinski definition) is 8. The number of rotatable bonds is 12. The average Bonchev–Trinajstić information content (AvgIpc) is 3.08. The van der Waals surface area contributed by atoms with Crippen LogP contribution in [-0.4, -0.2) is 112 Å². The van der Waals surface area contributed by atoms with E-state index in [9.17, 15) is 45.6 Å². The number of fused-ring (bicyclic) bond motifs is 1. The molecule has 1 fully saturated rings. The fourth-order valence-electron chi connectivity index (χ4n) is 5.36. The first-order chi connectivity index (χ1) is 23.4. The Morgan fingerprint density at radius 2 is 1.49 bits per heavy atom. The minimum absolute atomic E-state index is 0.0179. The van der Waals surface area contributed by atoms with Crippen molar-refractivity contribution in [2.45, 2.75) is 42.9 Å². The molecule has 0 saturated carbocycles. The molecule has 0 aliphatic carbocycles. The molecule has 7 atom stereocenters. The van der Waals surface area contributed by atoms with Crippen LogP contribution in [-0.2, 0) is 9.47 Å². The van der Waals surface area contributed by atoms with E-state index < -0.39 is 67.3 Å². The van der Waals surface area contributed by atoms with Crippen LogP contribution in [0.1, 0.15) is 11.7 Å². The molecule has 1 aliphatic rings.